The molecule has 0 saturated carbocycles. The van der Waals surface area contributed by atoms with Crippen LogP contribution in [0.15, 0.2) is 15.6 Å². The van der Waals surface area contributed by atoms with Crippen molar-refractivity contribution in [3.05, 3.63) is 17.8 Å². The molecule has 2 N–H and O–H groups in total. The van der Waals surface area contributed by atoms with Gasteiger partial charge in [-0.3, -0.25) is 4.99 Å². The second-order valence-corrected chi connectivity index (χ2v) is 8.44. The van der Waals surface area contributed by atoms with Crippen LogP contribution in [-0.2, 0) is 12.0 Å². The van der Waals surface area contributed by atoms with Crippen molar-refractivity contribution in [1.82, 2.24) is 15.6 Å². The van der Waals surface area contributed by atoms with E-state index in [2.05, 4.69) is 69.1 Å². The number of hydrogen-bond acceptors (Lipinski definition) is 3. The first-order valence-electron chi connectivity index (χ1n) is 8.43. The van der Waals surface area contributed by atoms with Crippen LogP contribution in [0.1, 0.15) is 73.0 Å². The van der Waals surface area contributed by atoms with Crippen LogP contribution in [0.2, 0.25) is 0 Å². The average molecular weight is 322 g/mol. The Hall–Kier alpha value is -1.52. The van der Waals surface area contributed by atoms with E-state index in [-0.39, 0.29) is 5.41 Å². The topological polar surface area (TPSA) is 62.5 Å². The first kappa shape index (κ1) is 19.5. The van der Waals surface area contributed by atoms with E-state index in [4.69, 9.17) is 4.42 Å². The molecule has 0 aliphatic rings. The molecule has 0 spiro atoms. The first-order chi connectivity index (χ1) is 10.5. The molecule has 1 rings (SSSR count). The Morgan fingerprint density at radius 1 is 1.26 bits per heavy atom. The van der Waals surface area contributed by atoms with Crippen LogP contribution in [0.25, 0.3) is 0 Å². The van der Waals surface area contributed by atoms with Crippen molar-refractivity contribution in [3.63, 3.8) is 0 Å². The maximum Gasteiger partial charge on any atom is 0.213 e. The highest BCUT2D eigenvalue weighted by atomic mass is 16.4. The van der Waals surface area contributed by atoms with E-state index in [1.54, 1.807) is 13.2 Å². The molecule has 0 aliphatic heterocycles. The lowest BCUT2D eigenvalue weighted by atomic mass is 9.89. The van der Waals surface area contributed by atoms with E-state index in [0.717, 1.165) is 18.1 Å². The van der Waals surface area contributed by atoms with Crippen LogP contribution in [0.3, 0.4) is 0 Å². The summed E-state index contributed by atoms with van der Waals surface area (Å²) in [6.45, 7) is 15.8. The molecular weight excluding hydrogens is 288 g/mol. The lowest BCUT2D eigenvalue weighted by molar-refractivity contribution is 0.345. The van der Waals surface area contributed by atoms with Crippen molar-refractivity contribution in [2.24, 2.45) is 10.4 Å². The largest absolute Gasteiger partial charge is 0.443 e. The zero-order valence-electron chi connectivity index (χ0n) is 16.1. The van der Waals surface area contributed by atoms with Crippen molar-refractivity contribution < 1.29 is 4.42 Å². The van der Waals surface area contributed by atoms with Gasteiger partial charge in [-0.2, -0.15) is 0 Å². The smallest absolute Gasteiger partial charge is 0.213 e. The van der Waals surface area contributed by atoms with Crippen LogP contribution in [-0.4, -0.2) is 24.0 Å². The molecule has 0 bridgehead atoms. The van der Waals surface area contributed by atoms with Gasteiger partial charge >= 0.3 is 0 Å². The minimum atomic E-state index is -0.0212. The van der Waals surface area contributed by atoms with Crippen LogP contribution < -0.4 is 10.6 Å². The molecule has 0 fully saturated rings. The summed E-state index contributed by atoms with van der Waals surface area (Å²) in [4.78, 5) is 8.59. The molecule has 0 radical (unpaired) electrons. The molecule has 1 aromatic rings. The predicted molar refractivity (Wildman–Crippen MR) is 96.7 cm³/mol. The van der Waals surface area contributed by atoms with Gasteiger partial charge in [-0.05, 0) is 25.2 Å². The van der Waals surface area contributed by atoms with Crippen molar-refractivity contribution in [3.8, 4) is 0 Å². The molecule has 1 unspecified atom stereocenters. The highest BCUT2D eigenvalue weighted by Crippen LogP contribution is 2.23. The summed E-state index contributed by atoms with van der Waals surface area (Å²) in [5.41, 5.74) is 0.334. The first-order valence-corrected chi connectivity index (χ1v) is 8.43. The van der Waals surface area contributed by atoms with Gasteiger partial charge < -0.3 is 15.1 Å². The molecule has 0 amide bonds. The second-order valence-electron chi connectivity index (χ2n) is 8.44. The molecule has 0 saturated heterocycles. The fourth-order valence-electron chi connectivity index (χ4n) is 2.05. The normalized spacial score (nSPS) is 14.7. The number of hydrogen-bond donors (Lipinski definition) is 2. The molecule has 0 aromatic carbocycles. The summed E-state index contributed by atoms with van der Waals surface area (Å²) < 4.78 is 5.78. The Bertz CT molecular complexity index is 506. The SMILES string of the molecule is CN=C(NCc1ncc(C(C)(C)C)o1)NC(C)CCC(C)(C)C. The second kappa shape index (κ2) is 7.84. The Labute approximate surface area is 141 Å². The fraction of sp³-hybridized carbons (Fsp3) is 0.778. The van der Waals surface area contributed by atoms with Gasteiger partial charge in [0.2, 0.25) is 5.89 Å². The van der Waals surface area contributed by atoms with Gasteiger partial charge in [0.05, 0.1) is 12.7 Å². The highest BCUT2D eigenvalue weighted by Gasteiger charge is 2.19. The van der Waals surface area contributed by atoms with Crippen molar-refractivity contribution >= 4 is 5.96 Å². The van der Waals surface area contributed by atoms with E-state index < -0.39 is 0 Å². The van der Waals surface area contributed by atoms with Gasteiger partial charge in [-0.15, -0.1) is 0 Å². The van der Waals surface area contributed by atoms with E-state index in [1.165, 1.54) is 6.42 Å². The van der Waals surface area contributed by atoms with Crippen LogP contribution in [0.5, 0.6) is 0 Å². The quantitative estimate of drug-likeness (QED) is 0.638. The summed E-state index contributed by atoms with van der Waals surface area (Å²) in [5, 5.41) is 6.68. The average Bonchev–Trinajstić information content (AvgIpc) is 2.89. The van der Waals surface area contributed by atoms with E-state index in [0.29, 0.717) is 23.9 Å². The Balaban J connectivity index is 2.47. The zero-order chi connectivity index (χ0) is 17.7. The Morgan fingerprint density at radius 2 is 1.91 bits per heavy atom. The molecule has 1 aromatic heterocycles. The van der Waals surface area contributed by atoms with Crippen LogP contribution in [0.4, 0.5) is 0 Å². The third-order valence-electron chi connectivity index (χ3n) is 3.63. The summed E-state index contributed by atoms with van der Waals surface area (Å²) in [7, 11) is 1.78. The monoisotopic (exact) mass is 322 g/mol. The molecule has 5 heteroatoms. The number of aromatic nitrogens is 1. The minimum Gasteiger partial charge on any atom is -0.443 e. The summed E-state index contributed by atoms with van der Waals surface area (Å²) >= 11 is 0. The summed E-state index contributed by atoms with van der Waals surface area (Å²) in [6, 6.07) is 0.370. The lowest BCUT2D eigenvalue weighted by Gasteiger charge is -2.22. The Kier molecular flexibility index (Phi) is 6.66. The lowest BCUT2D eigenvalue weighted by Crippen LogP contribution is -2.42. The minimum absolute atomic E-state index is 0.0212. The standard InChI is InChI=1S/C18H34N4O/c1-13(9-10-17(2,3)4)22-16(19-8)21-12-15-20-11-14(23-15)18(5,6)7/h11,13H,9-10,12H2,1-8H3,(H2,19,21,22). The molecule has 1 heterocycles. The van der Waals surface area contributed by atoms with E-state index >= 15 is 0 Å². The molecule has 132 valence electrons. The molecular formula is C18H34N4O. The number of rotatable bonds is 5. The van der Waals surface area contributed by atoms with E-state index in [1.807, 2.05) is 0 Å². The highest BCUT2D eigenvalue weighted by molar-refractivity contribution is 5.79. The van der Waals surface area contributed by atoms with E-state index in [9.17, 15) is 0 Å². The summed E-state index contributed by atoms with van der Waals surface area (Å²) in [5.74, 6) is 2.36. The maximum absolute atomic E-state index is 5.78. The van der Waals surface area contributed by atoms with Crippen molar-refractivity contribution in [2.75, 3.05) is 7.05 Å². The fourth-order valence-corrected chi connectivity index (χ4v) is 2.05. The van der Waals surface area contributed by atoms with Gasteiger partial charge in [0, 0.05) is 18.5 Å². The van der Waals surface area contributed by atoms with Crippen LogP contribution in [0, 0.1) is 5.41 Å². The maximum atomic E-state index is 5.78. The van der Waals surface area contributed by atoms with Crippen LogP contribution >= 0.6 is 0 Å². The van der Waals surface area contributed by atoms with Crippen molar-refractivity contribution in [1.29, 1.82) is 0 Å². The van der Waals surface area contributed by atoms with Gasteiger partial charge in [0.1, 0.15) is 5.76 Å². The van der Waals surface area contributed by atoms with Gasteiger partial charge in [-0.25, -0.2) is 4.98 Å². The number of nitrogens with zero attached hydrogens (tertiary/aromatic N) is 2. The number of guanidine groups is 1. The third kappa shape index (κ3) is 7.53. The third-order valence-corrected chi connectivity index (χ3v) is 3.63. The number of oxazole rings is 1. The number of aliphatic imine (C=N–C) groups is 1. The molecule has 5 nitrogen and oxygen atoms in total. The molecule has 1 atom stereocenters. The molecule has 23 heavy (non-hydrogen) atoms. The van der Waals surface area contributed by atoms with Crippen molar-refractivity contribution in [2.45, 2.75) is 79.3 Å². The zero-order valence-corrected chi connectivity index (χ0v) is 16.1. The van der Waals surface area contributed by atoms with Gasteiger partial charge in [0.25, 0.3) is 0 Å². The van der Waals surface area contributed by atoms with Gasteiger partial charge in [0.15, 0.2) is 5.96 Å². The molecule has 0 aliphatic carbocycles. The van der Waals surface area contributed by atoms with Gasteiger partial charge in [-0.1, -0.05) is 41.5 Å². The summed E-state index contributed by atoms with van der Waals surface area (Å²) in [6.07, 6.45) is 4.09. The Morgan fingerprint density at radius 3 is 2.39 bits per heavy atom. The number of nitrogens with one attached hydrogen (secondary N) is 2. The predicted octanol–water partition coefficient (Wildman–Crippen LogP) is 3.85.